The standard InChI is InChI=1S/2C25H28N2O2S.C22H30N2O3S.C22H30N2O2S.C21H28N2O2S/c1-2-3-4-15-21(23(28)25-27-20-14-7-8-16-22(20)30-25)26-24(29)19-13-9-11-17-10-5-6-12-18(17)19;1-2-3-4-12-21(23(28)25-27-20-11-7-8-13-22(20)30-25)26-24(29)19-15-14-17-9-5-6-10-18(17)16-19;1-3-4-6-12-17(24-21(26)22(27-2)14-9-5-10-15-22)19(25)20-23-16-11-7-8-13-18(16)28-20;1-3-4-6-12-17(24-21(26)22(2)14-9-5-10-15-22)19(25)20-23-16-11-7-8-13-18(16)27-20;1-2-3-5-13-17(22-20(25)15-10-6-4-7-11-15)19(24)21-23-16-12-8-9-14-18(16)26-21/h5-8,10,12,14,16,19,21H,2-4,9,11,13,15H2,1H3,(H,26,29);5-11,13,19,21H,2-4,12,14-16H2,1H3,(H,26,29);7-8,11,13,17H,3-6,9-10,12,14-15H2,1-2H3,(H,24,26);7-8,11,13,17H,3-6,9-10,12,14-15H2,1-2H3,(H,24,26);8-9,12,14-15,17H,2-7,10-11,13H2,1H3,(H,22,25)/t2*19?,21-;3*17-/m00000/s1. The number of nitrogens with one attached hydrogen (secondary N) is 5. The number of hydrogen-bond donors (Lipinski definition) is 5. The molecule has 21 nitrogen and oxygen atoms in total. The SMILES string of the molecule is CCCCC[C@H](NC(=O)C1(C)CCCCC1)C(=O)c1nc2ccccc2s1.CCCCC[C@H](NC(=O)C1(OC)CCCCC1)C(=O)c1nc2ccccc2s1.CCCCC[C@H](NC(=O)C1CCCCC1)C(=O)c1nc2ccccc2s1.CCCCC[C@H](NC(=O)C1CCCc2ccccc21)C(=O)c1nc2ccccc2s1.CCCCC[C@H](NC(=O)C1CCc2ccccc2C1)C(=O)c1nc2ccccc2s1. The molecular formula is C115H144N10O11S5. The summed E-state index contributed by atoms with van der Waals surface area (Å²) >= 11 is 7.07. The number of ether oxygens (including phenoxy) is 1. The molecule has 7 atom stereocenters. The van der Waals surface area contributed by atoms with Crippen LogP contribution in [0.3, 0.4) is 0 Å². The maximum atomic E-state index is 13.3. The molecule has 5 heterocycles. The van der Waals surface area contributed by atoms with Gasteiger partial charge in [0.15, 0.2) is 25.0 Å². The van der Waals surface area contributed by atoms with Crippen molar-refractivity contribution in [1.29, 1.82) is 0 Å². The van der Waals surface area contributed by atoms with Crippen molar-refractivity contribution in [2.75, 3.05) is 7.11 Å². The van der Waals surface area contributed by atoms with Crippen LogP contribution >= 0.6 is 56.7 Å². The van der Waals surface area contributed by atoms with Crippen molar-refractivity contribution in [2.45, 2.75) is 347 Å². The van der Waals surface area contributed by atoms with Crippen LogP contribution in [0.5, 0.6) is 0 Å². The number of rotatable bonds is 41. The first kappa shape index (κ1) is 108. The molecule has 3 saturated carbocycles. The number of carbonyl (C=O) groups excluding carboxylic acids is 10. The molecule has 5 aromatic heterocycles. The lowest BCUT2D eigenvalue weighted by Crippen LogP contribution is -2.54. The van der Waals surface area contributed by atoms with Crippen molar-refractivity contribution in [3.05, 3.63) is 217 Å². The van der Waals surface area contributed by atoms with E-state index >= 15 is 0 Å². The van der Waals surface area contributed by atoms with E-state index in [1.165, 1.54) is 86.2 Å². The van der Waals surface area contributed by atoms with Gasteiger partial charge in [-0.15, -0.1) is 56.7 Å². The fraction of sp³-hybridized carbons (Fsp3) is 0.504. The number of fused-ring (bicyclic) bond motifs is 7. The number of thiazole rings is 5. The minimum Gasteiger partial charge on any atom is -0.368 e. The summed E-state index contributed by atoms with van der Waals surface area (Å²) < 4.78 is 10.7. The molecule has 5 amide bonds. The Morgan fingerprint density at radius 2 is 0.631 bits per heavy atom. The Kier molecular flexibility index (Phi) is 42.0. The van der Waals surface area contributed by atoms with Crippen molar-refractivity contribution >= 4 is 166 Å². The highest BCUT2D eigenvalue weighted by Gasteiger charge is 2.43. The van der Waals surface area contributed by atoms with E-state index in [0.717, 1.165) is 262 Å². The van der Waals surface area contributed by atoms with Gasteiger partial charge in [0.05, 0.1) is 87.2 Å². The number of amides is 5. The Bertz CT molecular complexity index is 5970. The Labute approximate surface area is 852 Å². The van der Waals surface area contributed by atoms with E-state index in [0.29, 0.717) is 70.0 Å². The summed E-state index contributed by atoms with van der Waals surface area (Å²) in [4.78, 5) is 154. The molecule has 750 valence electrons. The Morgan fingerprint density at radius 1 is 0.319 bits per heavy atom. The van der Waals surface area contributed by atoms with Crippen molar-refractivity contribution in [3.8, 4) is 0 Å². The monoisotopic (exact) mass is 2000 g/mol. The molecule has 2 unspecified atom stereocenters. The largest absolute Gasteiger partial charge is 0.368 e. The summed E-state index contributed by atoms with van der Waals surface area (Å²) in [5.41, 5.74) is 8.04. The van der Waals surface area contributed by atoms with E-state index in [4.69, 9.17) is 4.74 Å². The maximum absolute atomic E-state index is 13.3. The van der Waals surface area contributed by atoms with Gasteiger partial charge in [-0.25, -0.2) is 24.9 Å². The third kappa shape index (κ3) is 29.9. The molecule has 5 N–H and O–H groups in total. The normalized spacial score (nSPS) is 17.0. The summed E-state index contributed by atoms with van der Waals surface area (Å²) in [7, 11) is 1.60. The highest BCUT2D eigenvalue weighted by atomic mass is 32.1. The molecule has 5 aliphatic rings. The zero-order chi connectivity index (χ0) is 99.5. The van der Waals surface area contributed by atoms with Crippen LogP contribution in [0, 0.1) is 17.3 Å². The highest BCUT2D eigenvalue weighted by Crippen LogP contribution is 2.40. The molecule has 0 radical (unpaired) electrons. The van der Waals surface area contributed by atoms with Crippen LogP contribution in [0.25, 0.3) is 51.1 Å². The molecule has 141 heavy (non-hydrogen) atoms. The fourth-order valence-corrected chi connectivity index (χ4v) is 24.8. The molecule has 0 bridgehead atoms. The quantitative estimate of drug-likeness (QED) is 0.0176. The summed E-state index contributed by atoms with van der Waals surface area (Å²) in [6.07, 6.45) is 39.1. The first-order valence-corrected chi connectivity index (χ1v) is 56.4. The lowest BCUT2D eigenvalue weighted by molar-refractivity contribution is -0.148. The lowest BCUT2D eigenvalue weighted by Gasteiger charge is -2.35. The topological polar surface area (TPSA) is 305 Å². The predicted molar refractivity (Wildman–Crippen MR) is 575 cm³/mol. The van der Waals surface area contributed by atoms with Crippen LogP contribution in [0.2, 0.25) is 0 Å². The molecule has 0 saturated heterocycles. The van der Waals surface area contributed by atoms with Crippen LogP contribution in [-0.4, -0.2) is 126 Å². The van der Waals surface area contributed by atoms with Gasteiger partial charge in [0.2, 0.25) is 52.5 Å². The number of unbranched alkanes of at least 4 members (excludes halogenated alkanes) is 10. The molecule has 7 aromatic carbocycles. The van der Waals surface area contributed by atoms with Gasteiger partial charge in [0, 0.05) is 24.4 Å². The van der Waals surface area contributed by atoms with Gasteiger partial charge >= 0.3 is 0 Å². The van der Waals surface area contributed by atoms with Gasteiger partial charge in [0.1, 0.15) is 5.60 Å². The minimum atomic E-state index is -0.797. The van der Waals surface area contributed by atoms with Crippen LogP contribution in [0.15, 0.2) is 170 Å². The first-order chi connectivity index (χ1) is 68.6. The van der Waals surface area contributed by atoms with E-state index in [1.54, 1.807) is 7.11 Å². The molecule has 17 rings (SSSR count). The number of nitrogens with zero attached hydrogens (tertiary/aromatic N) is 5. The third-order valence-electron chi connectivity index (χ3n) is 28.5. The molecule has 0 spiro atoms. The molecule has 5 aliphatic carbocycles. The van der Waals surface area contributed by atoms with E-state index < -0.39 is 35.8 Å². The van der Waals surface area contributed by atoms with E-state index in [1.807, 2.05) is 146 Å². The second-order valence-corrected chi connectivity index (χ2v) is 44.2. The molecule has 12 aromatic rings. The lowest BCUT2D eigenvalue weighted by atomic mass is 9.75. The second kappa shape index (κ2) is 54.9. The third-order valence-corrected chi connectivity index (χ3v) is 33.8. The van der Waals surface area contributed by atoms with Gasteiger partial charge in [-0.05, 0) is 192 Å². The molecule has 0 aliphatic heterocycles. The number of aryl methyl sites for hydroxylation is 2. The van der Waals surface area contributed by atoms with Crippen LogP contribution in [0.4, 0.5) is 0 Å². The molecule has 26 heteroatoms. The number of Topliss-reactive ketones (excluding diaryl/α,β-unsaturated/α-hetero) is 5. The van der Waals surface area contributed by atoms with Crippen LogP contribution in [-0.2, 0) is 48.0 Å². The summed E-state index contributed by atoms with van der Waals surface area (Å²) in [6.45, 7) is 12.7. The number of hydrogen-bond acceptors (Lipinski definition) is 21. The van der Waals surface area contributed by atoms with Gasteiger partial charge in [-0.3, -0.25) is 47.9 Å². The molecule has 3 fully saturated rings. The van der Waals surface area contributed by atoms with Crippen molar-refractivity contribution in [2.24, 2.45) is 17.3 Å². The van der Waals surface area contributed by atoms with Gasteiger partial charge in [-0.2, -0.15) is 0 Å². The number of benzene rings is 7. The Balaban J connectivity index is 0.000000148. The Morgan fingerprint density at radius 3 is 1.00 bits per heavy atom. The van der Waals surface area contributed by atoms with Crippen molar-refractivity contribution in [1.82, 2.24) is 51.5 Å². The summed E-state index contributed by atoms with van der Waals surface area (Å²) in [5.74, 6) is -0.548. The average molecular weight is 2000 g/mol. The first-order valence-electron chi connectivity index (χ1n) is 52.4. The molecular weight excluding hydrogens is 1860 g/mol. The Hall–Kier alpha value is -10.4. The number of ketones is 5. The highest BCUT2D eigenvalue weighted by molar-refractivity contribution is 7.22. The number of para-hydroxylation sites is 5. The van der Waals surface area contributed by atoms with Gasteiger partial charge in [-0.1, -0.05) is 305 Å². The maximum Gasteiger partial charge on any atom is 0.252 e. The summed E-state index contributed by atoms with van der Waals surface area (Å²) in [5, 5.41) is 17.9. The van der Waals surface area contributed by atoms with E-state index in [9.17, 15) is 47.9 Å². The second-order valence-electron chi connectivity index (χ2n) is 39.0. The van der Waals surface area contributed by atoms with Gasteiger partial charge < -0.3 is 31.3 Å². The average Bonchev–Trinajstić information content (AvgIpc) is 1.76. The van der Waals surface area contributed by atoms with E-state index in [2.05, 4.69) is 116 Å². The summed E-state index contributed by atoms with van der Waals surface area (Å²) in [6, 6.07) is 53.0. The minimum absolute atomic E-state index is 0.000428. The van der Waals surface area contributed by atoms with Gasteiger partial charge in [0.25, 0.3) is 5.91 Å². The number of carbonyl (C=O) groups is 10. The van der Waals surface area contributed by atoms with Crippen LogP contribution in [0.1, 0.15) is 363 Å². The smallest absolute Gasteiger partial charge is 0.252 e. The number of methoxy groups -OCH3 is 1. The fourth-order valence-electron chi connectivity index (χ4n) is 20.0. The van der Waals surface area contributed by atoms with Crippen LogP contribution < -0.4 is 26.6 Å². The van der Waals surface area contributed by atoms with E-state index in [-0.39, 0.29) is 81.6 Å². The van der Waals surface area contributed by atoms with Crippen molar-refractivity contribution < 1.29 is 52.7 Å². The number of aromatic nitrogens is 5. The zero-order valence-electron chi connectivity index (χ0n) is 83.5. The predicted octanol–water partition coefficient (Wildman–Crippen LogP) is 26.5. The van der Waals surface area contributed by atoms with Crippen molar-refractivity contribution in [3.63, 3.8) is 0 Å². The zero-order valence-corrected chi connectivity index (χ0v) is 87.6.